The molecule has 1 aliphatic heterocycles. The number of rotatable bonds is 15. The lowest BCUT2D eigenvalue weighted by Crippen LogP contribution is -2.36. The van der Waals surface area contributed by atoms with E-state index in [1.165, 1.54) is 6.33 Å². The Morgan fingerprint density at radius 2 is 1.93 bits per heavy atom. The van der Waals surface area contributed by atoms with Crippen molar-refractivity contribution in [2.24, 2.45) is 4.99 Å². The van der Waals surface area contributed by atoms with Gasteiger partial charge in [-0.15, -0.1) is 0 Å². The number of nitrogens with zero attached hydrogens (tertiary/aromatic N) is 8. The molecule has 1 unspecified atom stereocenters. The normalized spacial score (nSPS) is 19.9. The van der Waals surface area contributed by atoms with Crippen molar-refractivity contribution in [1.29, 1.82) is 5.26 Å². The summed E-state index contributed by atoms with van der Waals surface area (Å²) in [6.45, 7) is 9.57. The quantitative estimate of drug-likeness (QED) is 0.0999. The Bertz CT molecular complexity index is 1320. The van der Waals surface area contributed by atoms with Gasteiger partial charge in [0.05, 0.1) is 51.1 Å². The predicted molar refractivity (Wildman–Crippen MR) is 162 cm³/mol. The summed E-state index contributed by atoms with van der Waals surface area (Å²) < 4.78 is 29.8. The fourth-order valence-corrected chi connectivity index (χ4v) is 6.48. The monoisotopic (exact) mass is 596 g/mol. The van der Waals surface area contributed by atoms with Crippen LogP contribution >= 0.6 is 8.53 Å². The second-order valence-electron chi connectivity index (χ2n) is 10.8. The summed E-state index contributed by atoms with van der Waals surface area (Å²) >= 11 is 0. The molecule has 1 saturated heterocycles. The van der Waals surface area contributed by atoms with E-state index in [4.69, 9.17) is 23.8 Å². The van der Waals surface area contributed by atoms with Crippen LogP contribution in [0.2, 0.25) is 0 Å². The average molecular weight is 597 g/mol. The summed E-state index contributed by atoms with van der Waals surface area (Å²) in [5.41, 5.74) is 2.30. The molecule has 1 aromatic carbocycles. The van der Waals surface area contributed by atoms with E-state index in [0.717, 1.165) is 5.56 Å². The van der Waals surface area contributed by atoms with Gasteiger partial charge in [0.2, 0.25) is 0 Å². The molecular formula is C29H41N8O4P. The van der Waals surface area contributed by atoms with Gasteiger partial charge in [-0.3, -0.25) is 4.57 Å². The van der Waals surface area contributed by atoms with Gasteiger partial charge >= 0.3 is 0 Å². The van der Waals surface area contributed by atoms with E-state index in [0.29, 0.717) is 49.6 Å². The van der Waals surface area contributed by atoms with Crippen LogP contribution in [-0.4, -0.2) is 87.0 Å². The van der Waals surface area contributed by atoms with Crippen molar-refractivity contribution in [3.63, 3.8) is 0 Å². The first-order valence-electron chi connectivity index (χ1n) is 14.2. The van der Waals surface area contributed by atoms with Crippen LogP contribution < -0.4 is 0 Å². The third-order valence-electron chi connectivity index (χ3n) is 6.52. The minimum Gasteiger partial charge on any atom is -0.374 e. The number of aliphatic imine (C=N–C) groups is 1. The van der Waals surface area contributed by atoms with Crippen molar-refractivity contribution < 1.29 is 18.5 Å². The highest BCUT2D eigenvalue weighted by Crippen LogP contribution is 2.50. The molecule has 2 aromatic heterocycles. The average Bonchev–Trinajstić information content (AvgIpc) is 3.56. The standard InChI is InChI=1S/C29H41N8O4P/c1-21(2)37(22(3)4)42(39-14-10-13-30)41-24-15-26(40-25(24)17-38-16-23-11-8-7-9-12-23)36-20-33-27-28(34-19-35(5)6)31-18-32-29(27)36/h7-9,11-12,18-22,24-26H,10,14-17H2,1-6H3/t24-,25-,26-,42?/m1/s1. The molecule has 3 heterocycles. The van der Waals surface area contributed by atoms with Crippen LogP contribution in [0.15, 0.2) is 48.0 Å². The molecule has 0 bridgehead atoms. The minimum atomic E-state index is -1.47. The topological polar surface area (TPSA) is 123 Å². The van der Waals surface area contributed by atoms with Gasteiger partial charge in [-0.05, 0) is 33.3 Å². The van der Waals surface area contributed by atoms with E-state index >= 15 is 0 Å². The van der Waals surface area contributed by atoms with Gasteiger partial charge in [-0.1, -0.05) is 30.3 Å². The zero-order chi connectivity index (χ0) is 30.1. The highest BCUT2D eigenvalue weighted by Gasteiger charge is 2.42. The Hall–Kier alpha value is -3.04. The molecule has 0 radical (unpaired) electrons. The Labute approximate surface area is 249 Å². The number of ether oxygens (including phenoxy) is 2. The largest absolute Gasteiger partial charge is 0.374 e. The molecule has 0 spiro atoms. The fraction of sp³-hybridized carbons (Fsp3) is 0.552. The third-order valence-corrected chi connectivity index (χ3v) is 8.68. The van der Waals surface area contributed by atoms with Crippen molar-refractivity contribution in [3.05, 3.63) is 48.5 Å². The van der Waals surface area contributed by atoms with Crippen LogP contribution in [0.1, 0.15) is 52.3 Å². The van der Waals surface area contributed by atoms with Gasteiger partial charge in [0.15, 0.2) is 17.0 Å². The fourth-order valence-electron chi connectivity index (χ4n) is 4.72. The van der Waals surface area contributed by atoms with Crippen LogP contribution in [0.5, 0.6) is 0 Å². The molecule has 0 amide bonds. The summed E-state index contributed by atoms with van der Waals surface area (Å²) in [5.74, 6) is 0.486. The Morgan fingerprint density at radius 3 is 2.62 bits per heavy atom. The molecule has 1 fully saturated rings. The Kier molecular flexibility index (Phi) is 11.7. The van der Waals surface area contributed by atoms with Gasteiger partial charge in [0.25, 0.3) is 8.53 Å². The number of benzene rings is 1. The second-order valence-corrected chi connectivity index (χ2v) is 12.2. The predicted octanol–water partition coefficient (Wildman–Crippen LogP) is 5.21. The van der Waals surface area contributed by atoms with Gasteiger partial charge in [0, 0.05) is 32.6 Å². The van der Waals surface area contributed by atoms with Crippen LogP contribution in [0, 0.1) is 11.3 Å². The molecule has 13 heteroatoms. The van der Waals surface area contributed by atoms with Gasteiger partial charge in [-0.25, -0.2) is 24.6 Å². The highest BCUT2D eigenvalue weighted by molar-refractivity contribution is 7.44. The molecular weight excluding hydrogens is 555 g/mol. The SMILES string of the molecule is CC(C)N(C(C)C)P(OCCC#N)O[C@@H]1C[C@H](n2cnc3c(N=CN(C)C)ncnc32)O[C@@H]1COCc1ccccc1. The van der Waals surface area contributed by atoms with Crippen molar-refractivity contribution in [2.45, 2.75) is 77.7 Å². The van der Waals surface area contributed by atoms with Crippen LogP contribution in [0.25, 0.3) is 11.2 Å². The summed E-state index contributed by atoms with van der Waals surface area (Å²) in [6, 6.07) is 12.6. The number of hydrogen-bond donors (Lipinski definition) is 0. The molecule has 0 aliphatic carbocycles. The number of imidazole rings is 1. The van der Waals surface area contributed by atoms with Gasteiger partial charge in [-0.2, -0.15) is 5.26 Å². The van der Waals surface area contributed by atoms with E-state index in [2.05, 4.69) is 58.4 Å². The summed E-state index contributed by atoms with van der Waals surface area (Å²) in [5, 5.41) is 9.12. The molecule has 0 saturated carbocycles. The maximum atomic E-state index is 9.12. The lowest BCUT2D eigenvalue weighted by Gasteiger charge is -2.37. The lowest BCUT2D eigenvalue weighted by molar-refractivity contribution is -0.0625. The highest BCUT2D eigenvalue weighted by atomic mass is 31.2. The smallest absolute Gasteiger partial charge is 0.259 e. The number of nitriles is 1. The summed E-state index contributed by atoms with van der Waals surface area (Å²) in [6.07, 6.45) is 4.62. The number of aromatic nitrogens is 4. The zero-order valence-corrected chi connectivity index (χ0v) is 26.1. The summed E-state index contributed by atoms with van der Waals surface area (Å²) in [4.78, 5) is 19.7. The first-order valence-corrected chi connectivity index (χ1v) is 15.3. The van der Waals surface area contributed by atoms with Crippen molar-refractivity contribution >= 4 is 31.8 Å². The van der Waals surface area contributed by atoms with Gasteiger partial charge < -0.3 is 23.4 Å². The van der Waals surface area contributed by atoms with E-state index in [1.807, 2.05) is 53.9 Å². The summed E-state index contributed by atoms with van der Waals surface area (Å²) in [7, 11) is 2.32. The molecule has 4 rings (SSSR count). The third kappa shape index (κ3) is 8.28. The Balaban J connectivity index is 1.59. The molecule has 1 aliphatic rings. The number of fused-ring (bicyclic) bond motifs is 1. The number of hydrogen-bond acceptors (Lipinski definition) is 10. The Morgan fingerprint density at radius 1 is 1.17 bits per heavy atom. The molecule has 226 valence electrons. The first kappa shape index (κ1) is 31.9. The molecule has 3 aromatic rings. The zero-order valence-electron chi connectivity index (χ0n) is 25.2. The maximum absolute atomic E-state index is 9.12. The first-order chi connectivity index (χ1) is 20.3. The van der Waals surface area contributed by atoms with Crippen LogP contribution in [-0.2, 0) is 25.1 Å². The van der Waals surface area contributed by atoms with E-state index < -0.39 is 14.8 Å². The van der Waals surface area contributed by atoms with Gasteiger partial charge in [0.1, 0.15) is 18.7 Å². The van der Waals surface area contributed by atoms with Crippen LogP contribution in [0.4, 0.5) is 5.82 Å². The van der Waals surface area contributed by atoms with E-state index in [-0.39, 0.29) is 24.3 Å². The van der Waals surface area contributed by atoms with Crippen LogP contribution in [0.3, 0.4) is 0 Å². The molecule has 0 N–H and O–H groups in total. The van der Waals surface area contributed by atoms with E-state index in [1.54, 1.807) is 12.7 Å². The second kappa shape index (κ2) is 15.4. The molecule has 42 heavy (non-hydrogen) atoms. The minimum absolute atomic E-state index is 0.180. The van der Waals surface area contributed by atoms with Crippen molar-refractivity contribution in [2.75, 3.05) is 27.3 Å². The molecule has 12 nitrogen and oxygen atoms in total. The molecule has 4 atom stereocenters. The maximum Gasteiger partial charge on any atom is 0.259 e. The van der Waals surface area contributed by atoms with E-state index in [9.17, 15) is 0 Å². The lowest BCUT2D eigenvalue weighted by atomic mass is 10.2. The van der Waals surface area contributed by atoms with Crippen molar-refractivity contribution in [1.82, 2.24) is 29.1 Å². The van der Waals surface area contributed by atoms with Crippen molar-refractivity contribution in [3.8, 4) is 6.07 Å².